The number of benzene rings is 1. The van der Waals surface area contributed by atoms with Crippen LogP contribution in [0.3, 0.4) is 0 Å². The second-order valence-corrected chi connectivity index (χ2v) is 7.06. The van der Waals surface area contributed by atoms with Crippen molar-refractivity contribution in [3.63, 3.8) is 0 Å². The molecule has 1 heterocycles. The molecule has 1 fully saturated rings. The third kappa shape index (κ3) is 3.43. The Hall–Kier alpha value is -0.650. The van der Waals surface area contributed by atoms with Gasteiger partial charge in [0, 0.05) is 16.7 Å². The van der Waals surface area contributed by atoms with Gasteiger partial charge in [-0.2, -0.15) is 0 Å². The highest BCUT2D eigenvalue weighted by Gasteiger charge is 2.19. The average Bonchev–Trinajstić information content (AvgIpc) is 2.77. The van der Waals surface area contributed by atoms with E-state index in [0.29, 0.717) is 18.0 Å². The number of hydrogen-bond acceptors (Lipinski definition) is 3. The van der Waals surface area contributed by atoms with Crippen molar-refractivity contribution in [1.82, 2.24) is 5.32 Å². The highest BCUT2D eigenvalue weighted by molar-refractivity contribution is 8.13. The Balaban J connectivity index is 2.17. The molecular formula is C12H15ClFNO2S. The SMILES string of the molecule is O=S(=O)(Cl)c1ccc(F)cc1CC[C@H]1CCCN1. The van der Waals surface area contributed by atoms with E-state index in [1.165, 1.54) is 12.1 Å². The molecule has 6 heteroatoms. The summed E-state index contributed by atoms with van der Waals surface area (Å²) in [4.78, 5) is 0.0172. The van der Waals surface area contributed by atoms with Crippen LogP contribution in [0, 0.1) is 5.82 Å². The van der Waals surface area contributed by atoms with Gasteiger partial charge in [0.15, 0.2) is 0 Å². The third-order valence-corrected chi connectivity index (χ3v) is 4.63. The molecule has 1 N–H and O–H groups in total. The monoisotopic (exact) mass is 291 g/mol. The lowest BCUT2D eigenvalue weighted by Gasteiger charge is -2.11. The van der Waals surface area contributed by atoms with Gasteiger partial charge in [-0.05, 0) is 56.0 Å². The van der Waals surface area contributed by atoms with Gasteiger partial charge in [-0.1, -0.05) is 0 Å². The van der Waals surface area contributed by atoms with Gasteiger partial charge in [0.25, 0.3) is 9.05 Å². The van der Waals surface area contributed by atoms with Crippen molar-refractivity contribution in [2.24, 2.45) is 0 Å². The van der Waals surface area contributed by atoms with Crippen LogP contribution in [-0.4, -0.2) is 21.0 Å². The van der Waals surface area contributed by atoms with Crippen molar-refractivity contribution < 1.29 is 12.8 Å². The zero-order valence-electron chi connectivity index (χ0n) is 9.83. The maximum atomic E-state index is 13.2. The van der Waals surface area contributed by atoms with E-state index < -0.39 is 14.9 Å². The van der Waals surface area contributed by atoms with Gasteiger partial charge in [-0.25, -0.2) is 12.8 Å². The van der Waals surface area contributed by atoms with Crippen LogP contribution in [0.25, 0.3) is 0 Å². The Morgan fingerprint density at radius 1 is 1.44 bits per heavy atom. The maximum Gasteiger partial charge on any atom is 0.261 e. The van der Waals surface area contributed by atoms with Gasteiger partial charge in [0.05, 0.1) is 4.90 Å². The third-order valence-electron chi connectivity index (χ3n) is 3.21. The molecule has 0 aromatic heterocycles. The molecule has 0 spiro atoms. The fourth-order valence-electron chi connectivity index (χ4n) is 2.31. The van der Waals surface area contributed by atoms with Gasteiger partial charge in [-0.3, -0.25) is 0 Å². The largest absolute Gasteiger partial charge is 0.314 e. The van der Waals surface area contributed by atoms with E-state index in [1.807, 2.05) is 0 Å². The molecule has 100 valence electrons. The Morgan fingerprint density at radius 3 is 2.83 bits per heavy atom. The van der Waals surface area contributed by atoms with Crippen LogP contribution in [-0.2, 0) is 15.5 Å². The average molecular weight is 292 g/mol. The molecule has 0 saturated carbocycles. The quantitative estimate of drug-likeness (QED) is 0.867. The molecule has 1 saturated heterocycles. The number of hydrogen-bond donors (Lipinski definition) is 1. The van der Waals surface area contributed by atoms with Crippen molar-refractivity contribution in [3.05, 3.63) is 29.6 Å². The molecule has 1 aliphatic rings. The summed E-state index contributed by atoms with van der Waals surface area (Å²) in [5.41, 5.74) is 0.457. The van der Waals surface area contributed by atoms with Gasteiger partial charge < -0.3 is 5.32 Å². The minimum absolute atomic E-state index is 0.0172. The van der Waals surface area contributed by atoms with E-state index in [1.54, 1.807) is 0 Å². The first-order chi connectivity index (χ1) is 8.47. The van der Waals surface area contributed by atoms with Crippen molar-refractivity contribution in [1.29, 1.82) is 0 Å². The van der Waals surface area contributed by atoms with Gasteiger partial charge >= 0.3 is 0 Å². The topological polar surface area (TPSA) is 46.2 Å². The minimum Gasteiger partial charge on any atom is -0.314 e. The van der Waals surface area contributed by atoms with Crippen LogP contribution in [0.1, 0.15) is 24.8 Å². The predicted molar refractivity (Wildman–Crippen MR) is 68.8 cm³/mol. The minimum atomic E-state index is -3.81. The Labute approximate surface area is 111 Å². The number of rotatable bonds is 4. The summed E-state index contributed by atoms with van der Waals surface area (Å²) in [5.74, 6) is -0.437. The van der Waals surface area contributed by atoms with E-state index in [-0.39, 0.29) is 4.90 Å². The van der Waals surface area contributed by atoms with Gasteiger partial charge in [0.1, 0.15) is 5.82 Å². The molecule has 0 amide bonds. The first-order valence-electron chi connectivity index (χ1n) is 5.93. The molecule has 1 aromatic rings. The smallest absolute Gasteiger partial charge is 0.261 e. The standard InChI is InChI=1S/C12H15ClFNO2S/c13-18(16,17)12-6-4-10(14)8-9(12)3-5-11-2-1-7-15-11/h4,6,8,11,15H,1-3,5,7H2/t11-/m1/s1. The summed E-state index contributed by atoms with van der Waals surface area (Å²) in [5, 5.41) is 3.32. The molecule has 0 radical (unpaired) electrons. The van der Waals surface area contributed by atoms with E-state index in [0.717, 1.165) is 31.9 Å². The summed E-state index contributed by atoms with van der Waals surface area (Å²) in [6.07, 6.45) is 3.52. The van der Waals surface area contributed by atoms with Crippen molar-refractivity contribution >= 4 is 19.7 Å². The zero-order valence-corrected chi connectivity index (χ0v) is 11.4. The van der Waals surface area contributed by atoms with Crippen LogP contribution in [0.2, 0.25) is 0 Å². The molecule has 1 aromatic carbocycles. The molecular weight excluding hydrogens is 277 g/mol. The molecule has 18 heavy (non-hydrogen) atoms. The fourth-order valence-corrected chi connectivity index (χ4v) is 3.47. The second-order valence-electron chi connectivity index (χ2n) is 4.52. The summed E-state index contributed by atoms with van der Waals surface area (Å²) < 4.78 is 36.0. The second kappa shape index (κ2) is 5.55. The van der Waals surface area contributed by atoms with Crippen LogP contribution < -0.4 is 5.32 Å². The highest BCUT2D eigenvalue weighted by Crippen LogP contribution is 2.23. The van der Waals surface area contributed by atoms with Gasteiger partial charge in [-0.15, -0.1) is 0 Å². The summed E-state index contributed by atoms with van der Waals surface area (Å²) in [7, 11) is 1.53. The first kappa shape index (κ1) is 13.8. The van der Waals surface area contributed by atoms with Crippen LogP contribution in [0.15, 0.2) is 23.1 Å². The van der Waals surface area contributed by atoms with E-state index in [4.69, 9.17) is 10.7 Å². The van der Waals surface area contributed by atoms with Crippen molar-refractivity contribution in [2.75, 3.05) is 6.54 Å². The van der Waals surface area contributed by atoms with Crippen molar-refractivity contribution in [2.45, 2.75) is 36.6 Å². The normalized spacial score (nSPS) is 20.2. The maximum absolute atomic E-state index is 13.2. The zero-order chi connectivity index (χ0) is 13.2. The Bertz CT molecular complexity index is 527. The molecule has 1 aliphatic heterocycles. The predicted octanol–water partition coefficient (Wildman–Crippen LogP) is 2.44. The molecule has 3 nitrogen and oxygen atoms in total. The lowest BCUT2D eigenvalue weighted by atomic mass is 10.0. The fraction of sp³-hybridized carbons (Fsp3) is 0.500. The molecule has 2 rings (SSSR count). The Morgan fingerprint density at radius 2 is 2.22 bits per heavy atom. The lowest BCUT2D eigenvalue weighted by Crippen LogP contribution is -2.22. The van der Waals surface area contributed by atoms with E-state index in [9.17, 15) is 12.8 Å². The highest BCUT2D eigenvalue weighted by atomic mass is 35.7. The number of halogens is 2. The van der Waals surface area contributed by atoms with Gasteiger partial charge in [0.2, 0.25) is 0 Å². The molecule has 1 atom stereocenters. The van der Waals surface area contributed by atoms with Crippen LogP contribution in [0.4, 0.5) is 4.39 Å². The van der Waals surface area contributed by atoms with Crippen molar-refractivity contribution in [3.8, 4) is 0 Å². The number of nitrogens with one attached hydrogen (secondary N) is 1. The lowest BCUT2D eigenvalue weighted by molar-refractivity contribution is 0.552. The van der Waals surface area contributed by atoms with E-state index >= 15 is 0 Å². The van der Waals surface area contributed by atoms with Crippen LogP contribution >= 0.6 is 10.7 Å². The summed E-state index contributed by atoms with van der Waals surface area (Å²) in [6.45, 7) is 0.995. The Kier molecular flexibility index (Phi) is 4.25. The van der Waals surface area contributed by atoms with Crippen LogP contribution in [0.5, 0.6) is 0 Å². The molecule has 0 bridgehead atoms. The summed E-state index contributed by atoms with van der Waals surface area (Å²) in [6, 6.07) is 3.99. The first-order valence-corrected chi connectivity index (χ1v) is 8.24. The summed E-state index contributed by atoms with van der Waals surface area (Å²) >= 11 is 0. The molecule has 0 unspecified atom stereocenters. The van der Waals surface area contributed by atoms with E-state index in [2.05, 4.69) is 5.32 Å². The molecule has 0 aliphatic carbocycles. The number of aryl methyl sites for hydroxylation is 1.